The summed E-state index contributed by atoms with van der Waals surface area (Å²) in [7, 11) is 0. The number of carbonyl (C=O) groups is 1. The van der Waals surface area contributed by atoms with Crippen LogP contribution in [0, 0.1) is 0 Å². The Hall–Kier alpha value is -3.51. The molecule has 3 N–H and O–H groups in total. The van der Waals surface area contributed by atoms with E-state index in [-0.39, 0.29) is 0 Å². The van der Waals surface area contributed by atoms with Crippen LogP contribution in [0.1, 0.15) is 21.9 Å². The summed E-state index contributed by atoms with van der Waals surface area (Å²) in [4.78, 5) is 22.7. The number of hydrogen-bond donors (Lipinski definition) is 2. The number of nitrogens with two attached hydrogens (primary N) is 1. The van der Waals surface area contributed by atoms with Gasteiger partial charge >= 0.3 is 0 Å². The molecule has 0 saturated carbocycles. The first kappa shape index (κ1) is 19.8. The van der Waals surface area contributed by atoms with E-state index in [9.17, 15) is 4.79 Å². The number of thiophene rings is 1. The van der Waals surface area contributed by atoms with Crippen molar-refractivity contribution in [2.45, 2.75) is 12.3 Å². The molecule has 150 valence electrons. The average Bonchev–Trinajstić information content (AvgIpc) is 3.29. The van der Waals surface area contributed by atoms with Gasteiger partial charge in [0, 0.05) is 34.9 Å². The lowest BCUT2D eigenvalue weighted by Gasteiger charge is -2.19. The zero-order chi connectivity index (χ0) is 20.8. The smallest absolute Gasteiger partial charge is 0.229 e. The summed E-state index contributed by atoms with van der Waals surface area (Å²) in [5.41, 5.74) is 9.16. The van der Waals surface area contributed by atoms with E-state index in [1.54, 1.807) is 29.8 Å². The van der Waals surface area contributed by atoms with Gasteiger partial charge in [-0.05, 0) is 35.6 Å². The lowest BCUT2D eigenvalue weighted by molar-refractivity contribution is -0.118. The van der Waals surface area contributed by atoms with Crippen molar-refractivity contribution in [3.63, 3.8) is 0 Å². The molecule has 1 amide bonds. The van der Waals surface area contributed by atoms with Crippen LogP contribution in [-0.4, -0.2) is 22.4 Å². The quantitative estimate of drug-likeness (QED) is 0.446. The molecule has 4 rings (SSSR count). The molecule has 5 nitrogen and oxygen atoms in total. The standard InChI is InChI=1S/C24H22N4OS/c25-23(29)22(18-8-4-13-26-16-18)20-10-11-21(17-6-2-1-3-7-17)28-24(20)27-14-12-19-9-5-15-30-19/h1-11,13,15-16,22H,12,14H2,(H2,25,29)(H,27,28). The molecule has 1 aromatic carbocycles. The van der Waals surface area contributed by atoms with Crippen molar-refractivity contribution in [3.8, 4) is 11.3 Å². The molecule has 0 bridgehead atoms. The van der Waals surface area contributed by atoms with E-state index in [0.717, 1.165) is 28.8 Å². The molecule has 0 aliphatic rings. The van der Waals surface area contributed by atoms with Gasteiger partial charge in [-0.1, -0.05) is 48.5 Å². The number of carbonyl (C=O) groups excluding carboxylic acids is 1. The zero-order valence-electron chi connectivity index (χ0n) is 16.4. The predicted octanol–water partition coefficient (Wildman–Crippen LogP) is 4.48. The number of aromatic nitrogens is 2. The van der Waals surface area contributed by atoms with Crippen LogP contribution in [0.25, 0.3) is 11.3 Å². The van der Waals surface area contributed by atoms with Gasteiger partial charge in [-0.2, -0.15) is 0 Å². The highest BCUT2D eigenvalue weighted by molar-refractivity contribution is 7.09. The van der Waals surface area contributed by atoms with Gasteiger partial charge < -0.3 is 11.1 Å². The SMILES string of the molecule is NC(=O)C(c1cccnc1)c1ccc(-c2ccccc2)nc1NCCc1cccs1. The van der Waals surface area contributed by atoms with E-state index in [0.29, 0.717) is 12.4 Å². The second kappa shape index (κ2) is 9.33. The number of nitrogens with zero attached hydrogens (tertiary/aromatic N) is 2. The summed E-state index contributed by atoms with van der Waals surface area (Å²) in [6, 6.07) is 21.7. The summed E-state index contributed by atoms with van der Waals surface area (Å²) in [5, 5.41) is 5.50. The first-order valence-corrected chi connectivity index (χ1v) is 10.6. The van der Waals surface area contributed by atoms with Crippen LogP contribution in [0.15, 0.2) is 84.5 Å². The van der Waals surface area contributed by atoms with E-state index in [1.807, 2.05) is 54.6 Å². The minimum Gasteiger partial charge on any atom is -0.369 e. The fraction of sp³-hybridized carbons (Fsp3) is 0.125. The van der Waals surface area contributed by atoms with Crippen molar-refractivity contribution < 1.29 is 4.79 Å². The molecule has 4 aromatic rings. The Morgan fingerprint density at radius 1 is 1.03 bits per heavy atom. The third-order valence-electron chi connectivity index (χ3n) is 4.85. The molecule has 0 saturated heterocycles. The molecule has 0 aliphatic heterocycles. The summed E-state index contributed by atoms with van der Waals surface area (Å²) >= 11 is 1.73. The summed E-state index contributed by atoms with van der Waals surface area (Å²) in [5.74, 6) is -0.389. The number of benzene rings is 1. The normalized spacial score (nSPS) is 11.7. The first-order chi connectivity index (χ1) is 14.7. The molecule has 30 heavy (non-hydrogen) atoms. The third kappa shape index (κ3) is 4.55. The Bertz CT molecular complexity index is 1100. The largest absolute Gasteiger partial charge is 0.369 e. The summed E-state index contributed by atoms with van der Waals surface area (Å²) < 4.78 is 0. The Morgan fingerprint density at radius 3 is 2.60 bits per heavy atom. The fourth-order valence-corrected chi connectivity index (χ4v) is 4.13. The number of nitrogens with one attached hydrogen (secondary N) is 1. The number of pyridine rings is 2. The molecule has 1 atom stereocenters. The molecule has 0 fully saturated rings. The highest BCUT2D eigenvalue weighted by Crippen LogP contribution is 2.31. The van der Waals surface area contributed by atoms with Crippen LogP contribution < -0.4 is 11.1 Å². The van der Waals surface area contributed by atoms with Crippen LogP contribution >= 0.6 is 11.3 Å². The van der Waals surface area contributed by atoms with E-state index in [4.69, 9.17) is 10.7 Å². The number of hydrogen-bond acceptors (Lipinski definition) is 5. The highest BCUT2D eigenvalue weighted by Gasteiger charge is 2.24. The Balaban J connectivity index is 1.71. The Kier molecular flexibility index (Phi) is 6.15. The van der Waals surface area contributed by atoms with Crippen molar-refractivity contribution in [1.82, 2.24) is 9.97 Å². The topological polar surface area (TPSA) is 80.9 Å². The fourth-order valence-electron chi connectivity index (χ4n) is 3.42. The average molecular weight is 415 g/mol. The maximum Gasteiger partial charge on any atom is 0.229 e. The zero-order valence-corrected chi connectivity index (χ0v) is 17.2. The van der Waals surface area contributed by atoms with Gasteiger partial charge in [0.25, 0.3) is 0 Å². The number of rotatable bonds is 8. The van der Waals surface area contributed by atoms with E-state index < -0.39 is 11.8 Å². The number of primary amides is 1. The van der Waals surface area contributed by atoms with E-state index in [1.165, 1.54) is 4.88 Å². The van der Waals surface area contributed by atoms with Crippen molar-refractivity contribution in [2.75, 3.05) is 11.9 Å². The summed E-state index contributed by atoms with van der Waals surface area (Å²) in [6.07, 6.45) is 4.23. The Labute approximate surface area is 179 Å². The maximum atomic E-state index is 12.4. The second-order valence-corrected chi connectivity index (χ2v) is 7.91. The van der Waals surface area contributed by atoms with Crippen molar-refractivity contribution >= 4 is 23.1 Å². The monoisotopic (exact) mass is 414 g/mol. The molecule has 3 heterocycles. The van der Waals surface area contributed by atoms with Gasteiger partial charge in [-0.15, -0.1) is 11.3 Å². The number of amides is 1. The molecule has 1 unspecified atom stereocenters. The minimum atomic E-state index is -0.625. The van der Waals surface area contributed by atoms with E-state index >= 15 is 0 Å². The lowest BCUT2D eigenvalue weighted by atomic mass is 9.91. The molecule has 0 spiro atoms. The maximum absolute atomic E-state index is 12.4. The van der Waals surface area contributed by atoms with Crippen LogP contribution in [0.2, 0.25) is 0 Å². The molecule has 0 aliphatic carbocycles. The minimum absolute atomic E-state index is 0.432. The van der Waals surface area contributed by atoms with Gasteiger partial charge in [0.2, 0.25) is 5.91 Å². The van der Waals surface area contributed by atoms with Crippen molar-refractivity contribution in [1.29, 1.82) is 0 Å². The van der Waals surface area contributed by atoms with Crippen LogP contribution in [-0.2, 0) is 11.2 Å². The van der Waals surface area contributed by atoms with Gasteiger partial charge in [-0.3, -0.25) is 9.78 Å². The highest BCUT2D eigenvalue weighted by atomic mass is 32.1. The summed E-state index contributed by atoms with van der Waals surface area (Å²) in [6.45, 7) is 0.706. The molecule has 6 heteroatoms. The molecular weight excluding hydrogens is 392 g/mol. The second-order valence-electron chi connectivity index (χ2n) is 6.88. The van der Waals surface area contributed by atoms with Crippen molar-refractivity contribution in [3.05, 3.63) is 101 Å². The van der Waals surface area contributed by atoms with Gasteiger partial charge in [0.15, 0.2) is 0 Å². The first-order valence-electron chi connectivity index (χ1n) is 9.74. The van der Waals surface area contributed by atoms with Gasteiger partial charge in [0.1, 0.15) is 5.82 Å². The lowest BCUT2D eigenvalue weighted by Crippen LogP contribution is -2.24. The predicted molar refractivity (Wildman–Crippen MR) is 121 cm³/mol. The van der Waals surface area contributed by atoms with Gasteiger partial charge in [-0.25, -0.2) is 4.98 Å². The van der Waals surface area contributed by atoms with E-state index in [2.05, 4.69) is 21.7 Å². The number of anilines is 1. The third-order valence-corrected chi connectivity index (χ3v) is 5.79. The molecule has 0 radical (unpaired) electrons. The van der Waals surface area contributed by atoms with Crippen LogP contribution in [0.5, 0.6) is 0 Å². The van der Waals surface area contributed by atoms with Crippen LogP contribution in [0.4, 0.5) is 5.82 Å². The Morgan fingerprint density at radius 2 is 1.90 bits per heavy atom. The molecule has 3 aromatic heterocycles. The molecular formula is C24H22N4OS. The van der Waals surface area contributed by atoms with Gasteiger partial charge in [0.05, 0.1) is 11.6 Å². The van der Waals surface area contributed by atoms with Crippen molar-refractivity contribution in [2.24, 2.45) is 5.73 Å². The van der Waals surface area contributed by atoms with Crippen LogP contribution in [0.3, 0.4) is 0 Å².